The van der Waals surface area contributed by atoms with Gasteiger partial charge in [-0.2, -0.15) is 5.10 Å². The molecule has 10 nitrogen and oxygen atoms in total. The van der Waals surface area contributed by atoms with E-state index in [4.69, 9.17) is 16.3 Å². The van der Waals surface area contributed by atoms with Gasteiger partial charge in [0.25, 0.3) is 0 Å². The number of carbonyl (C=O) groups excluding carboxylic acids is 3. The summed E-state index contributed by atoms with van der Waals surface area (Å²) in [6, 6.07) is 2.90. The van der Waals surface area contributed by atoms with Gasteiger partial charge in [-0.3, -0.25) is 9.59 Å². The number of aromatic nitrogens is 3. The third kappa shape index (κ3) is 5.78. The first-order chi connectivity index (χ1) is 15.4. The Labute approximate surface area is 195 Å². The van der Waals surface area contributed by atoms with Gasteiger partial charge in [0.05, 0.1) is 31.5 Å². The van der Waals surface area contributed by atoms with Gasteiger partial charge >= 0.3 is 6.09 Å². The van der Waals surface area contributed by atoms with Gasteiger partial charge in [0.15, 0.2) is 17.2 Å². The second kappa shape index (κ2) is 9.34. The van der Waals surface area contributed by atoms with Crippen molar-refractivity contribution in [1.29, 1.82) is 0 Å². The molecule has 0 radical (unpaired) electrons. The fraction of sp³-hybridized carbons (Fsp3) is 0.476. The molecule has 1 saturated heterocycles. The Bertz CT molecular complexity index is 1030. The summed E-state index contributed by atoms with van der Waals surface area (Å²) in [5.41, 5.74) is -1.33. The number of pyridine rings is 1. The Morgan fingerprint density at radius 3 is 2.48 bits per heavy atom. The standard InChI is InChI=1S/C21H26ClFN6O4/c1-13(14-5-6-16(24-8-14)29-10-15(23)9-25-29)26-18(31)21(27-17(30)7-22)11-28(12-21)19(32)33-20(2,3)4/h5-6,8-10,13H,7,11-12H2,1-4H3,(H,26,31)(H,27,30). The zero-order valence-corrected chi connectivity index (χ0v) is 19.5. The average Bonchev–Trinajstić information content (AvgIpc) is 3.15. The van der Waals surface area contributed by atoms with Crippen LogP contribution in [0.25, 0.3) is 5.82 Å². The molecule has 1 aliphatic rings. The molecule has 0 saturated carbocycles. The molecule has 3 rings (SSSR count). The Morgan fingerprint density at radius 2 is 1.97 bits per heavy atom. The number of hydrogen-bond donors (Lipinski definition) is 2. The molecule has 1 aliphatic heterocycles. The highest BCUT2D eigenvalue weighted by Gasteiger charge is 2.53. The molecule has 0 aromatic carbocycles. The SMILES string of the molecule is CC(NC(=O)C1(NC(=O)CCl)CN(C(=O)OC(C)(C)C)C1)c1ccc(-n2cc(F)cn2)nc1. The first-order valence-corrected chi connectivity index (χ1v) is 10.8. The Morgan fingerprint density at radius 1 is 1.27 bits per heavy atom. The summed E-state index contributed by atoms with van der Waals surface area (Å²) in [6.07, 6.45) is 3.24. The molecule has 1 fully saturated rings. The third-order valence-corrected chi connectivity index (χ3v) is 5.15. The van der Waals surface area contributed by atoms with Crippen molar-refractivity contribution in [3.05, 3.63) is 42.1 Å². The molecule has 1 atom stereocenters. The third-order valence-electron chi connectivity index (χ3n) is 4.91. The van der Waals surface area contributed by atoms with Crippen LogP contribution in [0.2, 0.25) is 0 Å². The van der Waals surface area contributed by atoms with Gasteiger partial charge < -0.3 is 20.3 Å². The van der Waals surface area contributed by atoms with Crippen LogP contribution in [0, 0.1) is 5.82 Å². The first-order valence-electron chi connectivity index (χ1n) is 10.2. The van der Waals surface area contributed by atoms with E-state index >= 15 is 0 Å². The lowest BCUT2D eigenvalue weighted by Crippen LogP contribution is -2.77. The lowest BCUT2D eigenvalue weighted by Gasteiger charge is -2.48. The summed E-state index contributed by atoms with van der Waals surface area (Å²) in [5.74, 6) is -1.38. The lowest BCUT2D eigenvalue weighted by molar-refractivity contribution is -0.140. The normalized spacial score (nSPS) is 15.9. The van der Waals surface area contributed by atoms with E-state index in [0.717, 1.165) is 6.20 Å². The van der Waals surface area contributed by atoms with E-state index in [1.165, 1.54) is 22.0 Å². The van der Waals surface area contributed by atoms with Gasteiger partial charge in [-0.1, -0.05) is 6.07 Å². The highest BCUT2D eigenvalue weighted by molar-refractivity contribution is 6.27. The summed E-state index contributed by atoms with van der Waals surface area (Å²) >= 11 is 5.61. The van der Waals surface area contributed by atoms with Crippen LogP contribution in [0.3, 0.4) is 0 Å². The second-order valence-corrected chi connectivity index (χ2v) is 9.12. The van der Waals surface area contributed by atoms with Crippen LogP contribution >= 0.6 is 11.6 Å². The summed E-state index contributed by atoms with van der Waals surface area (Å²) in [7, 11) is 0. The number of hydrogen-bond acceptors (Lipinski definition) is 6. The topological polar surface area (TPSA) is 118 Å². The zero-order chi connectivity index (χ0) is 24.4. The van der Waals surface area contributed by atoms with Crippen molar-refractivity contribution in [3.8, 4) is 5.82 Å². The van der Waals surface area contributed by atoms with Crippen molar-refractivity contribution < 1.29 is 23.5 Å². The van der Waals surface area contributed by atoms with Gasteiger partial charge in [-0.05, 0) is 39.3 Å². The van der Waals surface area contributed by atoms with E-state index in [1.54, 1.807) is 39.8 Å². The van der Waals surface area contributed by atoms with Crippen LogP contribution in [0.15, 0.2) is 30.7 Å². The minimum atomic E-state index is -1.32. The predicted octanol–water partition coefficient (Wildman–Crippen LogP) is 1.93. The average molecular weight is 481 g/mol. The minimum Gasteiger partial charge on any atom is -0.444 e. The van der Waals surface area contributed by atoms with Crippen molar-refractivity contribution >= 4 is 29.5 Å². The van der Waals surface area contributed by atoms with Gasteiger partial charge in [-0.25, -0.2) is 18.9 Å². The first kappa shape index (κ1) is 24.4. The molecular weight excluding hydrogens is 455 g/mol. The van der Waals surface area contributed by atoms with E-state index in [-0.39, 0.29) is 19.0 Å². The van der Waals surface area contributed by atoms with Crippen molar-refractivity contribution in [1.82, 2.24) is 30.3 Å². The van der Waals surface area contributed by atoms with E-state index in [0.29, 0.717) is 11.4 Å². The van der Waals surface area contributed by atoms with Gasteiger partial charge in [0, 0.05) is 6.20 Å². The fourth-order valence-corrected chi connectivity index (χ4v) is 3.34. The quantitative estimate of drug-likeness (QED) is 0.610. The highest BCUT2D eigenvalue weighted by atomic mass is 35.5. The highest BCUT2D eigenvalue weighted by Crippen LogP contribution is 2.25. The van der Waals surface area contributed by atoms with Gasteiger partial charge in [-0.15, -0.1) is 11.6 Å². The van der Waals surface area contributed by atoms with Crippen molar-refractivity contribution in [2.45, 2.75) is 44.9 Å². The summed E-state index contributed by atoms with van der Waals surface area (Å²) in [6.45, 7) is 6.87. The largest absolute Gasteiger partial charge is 0.444 e. The van der Waals surface area contributed by atoms with E-state index in [2.05, 4.69) is 20.7 Å². The van der Waals surface area contributed by atoms with Crippen LogP contribution in [-0.4, -0.2) is 67.7 Å². The molecule has 0 aliphatic carbocycles. The number of nitrogens with one attached hydrogen (secondary N) is 2. The number of rotatable bonds is 6. The molecule has 2 aromatic heterocycles. The molecule has 178 valence electrons. The van der Waals surface area contributed by atoms with Crippen molar-refractivity contribution in [2.75, 3.05) is 19.0 Å². The molecule has 0 bridgehead atoms. The molecule has 33 heavy (non-hydrogen) atoms. The molecule has 3 amide bonds. The molecule has 2 N–H and O–H groups in total. The maximum atomic E-state index is 13.2. The Balaban J connectivity index is 1.68. The molecule has 3 heterocycles. The Kier molecular flexibility index (Phi) is 6.92. The second-order valence-electron chi connectivity index (χ2n) is 8.85. The molecule has 2 aromatic rings. The Hall–Kier alpha value is -3.21. The van der Waals surface area contributed by atoms with E-state index < -0.39 is 40.9 Å². The summed E-state index contributed by atoms with van der Waals surface area (Å²) < 4.78 is 19.8. The van der Waals surface area contributed by atoms with Crippen LogP contribution in [0.4, 0.5) is 9.18 Å². The number of nitrogens with zero attached hydrogens (tertiary/aromatic N) is 4. The van der Waals surface area contributed by atoms with E-state index in [1.807, 2.05) is 0 Å². The maximum absolute atomic E-state index is 13.2. The van der Waals surface area contributed by atoms with Gasteiger partial charge in [0.2, 0.25) is 11.8 Å². The number of likely N-dealkylation sites (tertiary alicyclic amines) is 1. The molecule has 1 unspecified atom stereocenters. The maximum Gasteiger partial charge on any atom is 0.410 e. The van der Waals surface area contributed by atoms with Crippen LogP contribution < -0.4 is 10.6 Å². The van der Waals surface area contributed by atoms with E-state index in [9.17, 15) is 18.8 Å². The summed E-state index contributed by atoms with van der Waals surface area (Å²) in [5, 5.41) is 9.32. The number of ether oxygens (including phenoxy) is 1. The minimum absolute atomic E-state index is 0.0505. The fourth-order valence-electron chi connectivity index (χ4n) is 3.27. The van der Waals surface area contributed by atoms with Crippen molar-refractivity contribution in [3.63, 3.8) is 0 Å². The predicted molar refractivity (Wildman–Crippen MR) is 117 cm³/mol. The number of halogens is 2. The number of carbonyl (C=O) groups is 3. The summed E-state index contributed by atoms with van der Waals surface area (Å²) in [4.78, 5) is 42.9. The van der Waals surface area contributed by atoms with Gasteiger partial charge in [0.1, 0.15) is 11.5 Å². The number of amides is 3. The van der Waals surface area contributed by atoms with Crippen molar-refractivity contribution in [2.24, 2.45) is 0 Å². The molecule has 12 heteroatoms. The number of alkyl halides is 1. The molecular formula is C21H26ClFN6O4. The van der Waals surface area contributed by atoms with Crippen LogP contribution in [0.1, 0.15) is 39.3 Å². The zero-order valence-electron chi connectivity index (χ0n) is 18.8. The molecule has 0 spiro atoms. The smallest absolute Gasteiger partial charge is 0.410 e. The monoisotopic (exact) mass is 480 g/mol. The van der Waals surface area contributed by atoms with Crippen LogP contribution in [0.5, 0.6) is 0 Å². The van der Waals surface area contributed by atoms with Crippen LogP contribution in [-0.2, 0) is 14.3 Å². The lowest BCUT2D eigenvalue weighted by atomic mass is 9.88.